The van der Waals surface area contributed by atoms with E-state index in [0.717, 1.165) is 28.0 Å². The fourth-order valence-electron chi connectivity index (χ4n) is 2.10. The Kier molecular flexibility index (Phi) is 2.88. The predicted octanol–water partition coefficient (Wildman–Crippen LogP) is 3.51. The van der Waals surface area contributed by atoms with Crippen LogP contribution >= 0.6 is 15.9 Å². The number of halogens is 1. The number of nitrogens with zero attached hydrogens (tertiary/aromatic N) is 1. The Bertz CT molecular complexity index is 586. The van der Waals surface area contributed by atoms with Gasteiger partial charge in [0.2, 0.25) is 0 Å². The van der Waals surface area contributed by atoms with Crippen molar-refractivity contribution in [1.29, 1.82) is 0 Å². The van der Waals surface area contributed by atoms with E-state index in [2.05, 4.69) is 15.9 Å². The van der Waals surface area contributed by atoms with E-state index in [1.807, 2.05) is 41.3 Å². The lowest BCUT2D eigenvalue weighted by atomic mass is 10.1. The van der Waals surface area contributed by atoms with Gasteiger partial charge in [0.05, 0.1) is 12.2 Å². The first kappa shape index (κ1) is 11.4. The summed E-state index contributed by atoms with van der Waals surface area (Å²) >= 11 is 3.46. The van der Waals surface area contributed by atoms with Crippen LogP contribution in [0.4, 0.5) is 5.69 Å². The zero-order valence-corrected chi connectivity index (χ0v) is 11.2. The third-order valence-corrected chi connectivity index (χ3v) is 3.48. The van der Waals surface area contributed by atoms with Gasteiger partial charge in [-0.3, -0.25) is 0 Å². The maximum atomic E-state index is 9.86. The van der Waals surface area contributed by atoms with Gasteiger partial charge in [0.25, 0.3) is 0 Å². The van der Waals surface area contributed by atoms with Crippen LogP contribution in [0.25, 0.3) is 0 Å². The normalized spacial score (nSPS) is 13.9. The first-order valence-corrected chi connectivity index (χ1v) is 6.47. The van der Waals surface area contributed by atoms with E-state index in [9.17, 15) is 5.11 Å². The van der Waals surface area contributed by atoms with Crippen LogP contribution in [0.15, 0.2) is 46.9 Å². The average molecular weight is 306 g/mol. The molecule has 4 heteroatoms. The lowest BCUT2D eigenvalue weighted by Gasteiger charge is -2.31. The van der Waals surface area contributed by atoms with E-state index in [0.29, 0.717) is 6.73 Å². The van der Waals surface area contributed by atoms with Crippen molar-refractivity contribution < 1.29 is 9.84 Å². The SMILES string of the molecule is Oc1ccccc1N1COc2ccc(Br)cc2C1. The van der Waals surface area contributed by atoms with Gasteiger partial charge in [0.15, 0.2) is 6.73 Å². The zero-order valence-electron chi connectivity index (χ0n) is 9.64. The molecule has 0 bridgehead atoms. The van der Waals surface area contributed by atoms with Crippen molar-refractivity contribution in [1.82, 2.24) is 0 Å². The summed E-state index contributed by atoms with van der Waals surface area (Å²) in [7, 11) is 0. The molecule has 2 aromatic rings. The highest BCUT2D eigenvalue weighted by molar-refractivity contribution is 9.10. The summed E-state index contributed by atoms with van der Waals surface area (Å²) in [4.78, 5) is 2.00. The third-order valence-electron chi connectivity index (χ3n) is 2.98. The molecule has 0 aliphatic carbocycles. The molecule has 2 aromatic carbocycles. The van der Waals surface area contributed by atoms with Crippen molar-refractivity contribution in [3.63, 3.8) is 0 Å². The molecule has 1 aliphatic rings. The van der Waals surface area contributed by atoms with Crippen molar-refractivity contribution in [2.45, 2.75) is 6.54 Å². The minimum atomic E-state index is 0.277. The zero-order chi connectivity index (χ0) is 12.5. The Morgan fingerprint density at radius 1 is 1.17 bits per heavy atom. The number of anilines is 1. The highest BCUT2D eigenvalue weighted by Gasteiger charge is 2.19. The van der Waals surface area contributed by atoms with Crippen molar-refractivity contribution in [3.8, 4) is 11.5 Å². The lowest BCUT2D eigenvalue weighted by molar-refractivity contribution is 0.287. The second-order valence-corrected chi connectivity index (χ2v) is 5.13. The summed E-state index contributed by atoms with van der Waals surface area (Å²) in [5.41, 5.74) is 1.90. The number of rotatable bonds is 1. The molecular formula is C14H12BrNO2. The number of phenolic OH excluding ortho intramolecular Hbond substituents is 1. The quantitative estimate of drug-likeness (QED) is 0.875. The van der Waals surface area contributed by atoms with Crippen LogP contribution in [0.2, 0.25) is 0 Å². The molecule has 92 valence electrons. The van der Waals surface area contributed by atoms with Gasteiger partial charge in [-0.1, -0.05) is 28.1 Å². The van der Waals surface area contributed by atoms with Gasteiger partial charge in [-0.2, -0.15) is 0 Å². The number of para-hydroxylation sites is 2. The van der Waals surface area contributed by atoms with Gasteiger partial charge in [-0.15, -0.1) is 0 Å². The maximum Gasteiger partial charge on any atom is 0.161 e. The Balaban J connectivity index is 1.93. The topological polar surface area (TPSA) is 32.7 Å². The molecule has 0 fully saturated rings. The van der Waals surface area contributed by atoms with Crippen LogP contribution in [0.1, 0.15) is 5.56 Å². The Hall–Kier alpha value is -1.68. The Morgan fingerprint density at radius 3 is 2.83 bits per heavy atom. The van der Waals surface area contributed by atoms with Crippen LogP contribution < -0.4 is 9.64 Å². The summed E-state index contributed by atoms with van der Waals surface area (Å²) in [6.45, 7) is 1.18. The molecule has 1 heterocycles. The molecule has 1 N–H and O–H groups in total. The second-order valence-electron chi connectivity index (χ2n) is 4.21. The largest absolute Gasteiger partial charge is 0.506 e. The fourth-order valence-corrected chi connectivity index (χ4v) is 2.51. The van der Waals surface area contributed by atoms with Gasteiger partial charge in [-0.25, -0.2) is 0 Å². The van der Waals surface area contributed by atoms with Crippen LogP contribution in [0.5, 0.6) is 11.5 Å². The lowest BCUT2D eigenvalue weighted by Crippen LogP contribution is -2.31. The molecule has 0 spiro atoms. The molecule has 0 saturated heterocycles. The molecule has 18 heavy (non-hydrogen) atoms. The number of hydrogen-bond acceptors (Lipinski definition) is 3. The van der Waals surface area contributed by atoms with E-state index in [4.69, 9.17) is 4.74 Å². The van der Waals surface area contributed by atoms with Gasteiger partial charge < -0.3 is 14.7 Å². The highest BCUT2D eigenvalue weighted by atomic mass is 79.9. The number of ether oxygens (including phenoxy) is 1. The molecule has 1 aliphatic heterocycles. The fraction of sp³-hybridized carbons (Fsp3) is 0.143. The maximum absolute atomic E-state index is 9.86. The number of aromatic hydroxyl groups is 1. The third kappa shape index (κ3) is 2.04. The van der Waals surface area contributed by atoms with Crippen molar-refractivity contribution >= 4 is 21.6 Å². The van der Waals surface area contributed by atoms with Crippen LogP contribution in [0, 0.1) is 0 Å². The molecule has 0 atom stereocenters. The van der Waals surface area contributed by atoms with Gasteiger partial charge in [0, 0.05) is 10.0 Å². The smallest absolute Gasteiger partial charge is 0.161 e. The molecule has 0 unspecified atom stereocenters. The van der Waals surface area contributed by atoms with Gasteiger partial charge >= 0.3 is 0 Å². The van der Waals surface area contributed by atoms with E-state index >= 15 is 0 Å². The second kappa shape index (κ2) is 4.53. The first-order chi connectivity index (χ1) is 8.74. The van der Waals surface area contributed by atoms with E-state index < -0.39 is 0 Å². The molecular weight excluding hydrogens is 294 g/mol. The van der Waals surface area contributed by atoms with Crippen molar-refractivity contribution in [2.24, 2.45) is 0 Å². The summed E-state index contributed by atoms with van der Waals surface area (Å²) in [6, 6.07) is 13.3. The number of hydrogen-bond donors (Lipinski definition) is 1. The molecule has 0 aromatic heterocycles. The predicted molar refractivity (Wildman–Crippen MR) is 73.9 cm³/mol. The van der Waals surface area contributed by atoms with E-state index in [1.165, 1.54) is 0 Å². The molecule has 0 radical (unpaired) electrons. The molecule has 0 amide bonds. The van der Waals surface area contributed by atoms with Crippen molar-refractivity contribution in [3.05, 3.63) is 52.5 Å². The molecule has 3 rings (SSSR count). The number of fused-ring (bicyclic) bond motifs is 1. The van der Waals surface area contributed by atoms with Gasteiger partial charge in [0.1, 0.15) is 11.5 Å². The standard InChI is InChI=1S/C14H12BrNO2/c15-11-5-6-14-10(7-11)8-16(9-18-14)12-3-1-2-4-13(12)17/h1-7,17H,8-9H2. The van der Waals surface area contributed by atoms with Crippen LogP contribution in [-0.2, 0) is 6.54 Å². The van der Waals surface area contributed by atoms with E-state index in [-0.39, 0.29) is 5.75 Å². The summed E-state index contributed by atoms with van der Waals surface area (Å²) in [6.07, 6.45) is 0. The summed E-state index contributed by atoms with van der Waals surface area (Å²) in [5.74, 6) is 1.18. The van der Waals surface area contributed by atoms with E-state index in [1.54, 1.807) is 6.07 Å². The molecule has 0 saturated carbocycles. The van der Waals surface area contributed by atoms with Crippen molar-refractivity contribution in [2.75, 3.05) is 11.6 Å². The Labute approximate surface area is 114 Å². The molecule has 3 nitrogen and oxygen atoms in total. The van der Waals surface area contributed by atoms with Crippen LogP contribution in [0.3, 0.4) is 0 Å². The first-order valence-electron chi connectivity index (χ1n) is 5.68. The number of benzene rings is 2. The highest BCUT2D eigenvalue weighted by Crippen LogP contribution is 2.33. The monoisotopic (exact) mass is 305 g/mol. The summed E-state index contributed by atoms with van der Waals surface area (Å²) < 4.78 is 6.73. The summed E-state index contributed by atoms with van der Waals surface area (Å²) in [5, 5.41) is 9.86. The minimum absolute atomic E-state index is 0.277. The number of phenols is 1. The average Bonchev–Trinajstić information content (AvgIpc) is 2.38. The van der Waals surface area contributed by atoms with Gasteiger partial charge in [-0.05, 0) is 30.3 Å². The van der Waals surface area contributed by atoms with Crippen LogP contribution in [-0.4, -0.2) is 11.8 Å². The Morgan fingerprint density at radius 2 is 2.00 bits per heavy atom. The minimum Gasteiger partial charge on any atom is -0.506 e.